The maximum atomic E-state index is 12.5. The van der Waals surface area contributed by atoms with Crippen LogP contribution >= 0.6 is 0 Å². The molecule has 20 heavy (non-hydrogen) atoms. The Balaban J connectivity index is 1.94. The van der Waals surface area contributed by atoms with Crippen LogP contribution in [0.25, 0.3) is 0 Å². The van der Waals surface area contributed by atoms with E-state index in [1.807, 2.05) is 25.7 Å². The lowest BCUT2D eigenvalue weighted by atomic mass is 9.97. The first-order valence-electron chi connectivity index (χ1n) is 7.52. The molecular weight excluding hydrogens is 254 g/mol. The van der Waals surface area contributed by atoms with Crippen LogP contribution < -0.4 is 5.32 Å². The van der Waals surface area contributed by atoms with E-state index in [1.165, 1.54) is 0 Å². The number of nitrogens with one attached hydrogen (secondary N) is 1. The monoisotopic (exact) mass is 279 g/mol. The van der Waals surface area contributed by atoms with Crippen molar-refractivity contribution in [1.29, 1.82) is 0 Å². The molecule has 0 radical (unpaired) electrons. The van der Waals surface area contributed by atoms with Gasteiger partial charge in [0.2, 0.25) is 5.91 Å². The van der Waals surface area contributed by atoms with Gasteiger partial charge in [-0.3, -0.25) is 4.79 Å². The number of hydrogen-bond donors (Lipinski definition) is 1. The van der Waals surface area contributed by atoms with Crippen molar-refractivity contribution in [2.45, 2.75) is 40.0 Å². The summed E-state index contributed by atoms with van der Waals surface area (Å²) in [5.41, 5.74) is 1.77. The zero-order valence-electron chi connectivity index (χ0n) is 12.7. The minimum Gasteiger partial charge on any atom is -0.361 e. The summed E-state index contributed by atoms with van der Waals surface area (Å²) in [5, 5.41) is 7.28. The van der Waals surface area contributed by atoms with Gasteiger partial charge in [-0.1, -0.05) is 5.16 Å². The van der Waals surface area contributed by atoms with Gasteiger partial charge in [-0.25, -0.2) is 0 Å². The largest absolute Gasteiger partial charge is 0.361 e. The summed E-state index contributed by atoms with van der Waals surface area (Å²) in [6.45, 7) is 9.59. The van der Waals surface area contributed by atoms with Gasteiger partial charge < -0.3 is 14.7 Å². The van der Waals surface area contributed by atoms with Crippen molar-refractivity contribution in [2.75, 3.05) is 26.2 Å². The zero-order valence-corrected chi connectivity index (χ0v) is 12.7. The van der Waals surface area contributed by atoms with E-state index in [0.717, 1.165) is 56.0 Å². The molecule has 1 saturated heterocycles. The molecule has 1 aliphatic rings. The highest BCUT2D eigenvalue weighted by Crippen LogP contribution is 2.17. The normalized spacial score (nSPS) is 16.4. The molecule has 2 heterocycles. The number of nitrogens with zero attached hydrogens (tertiary/aromatic N) is 2. The minimum absolute atomic E-state index is 0.181. The molecule has 112 valence electrons. The number of rotatable bonds is 5. The maximum Gasteiger partial charge on any atom is 0.227 e. The fourth-order valence-corrected chi connectivity index (χ4v) is 2.80. The highest BCUT2D eigenvalue weighted by molar-refractivity contribution is 5.79. The lowest BCUT2D eigenvalue weighted by Crippen LogP contribution is -2.40. The molecule has 5 nitrogen and oxygen atoms in total. The van der Waals surface area contributed by atoms with Crippen LogP contribution in [-0.4, -0.2) is 42.1 Å². The predicted octanol–water partition coefficient (Wildman–Crippen LogP) is 1.68. The maximum absolute atomic E-state index is 12.5. The van der Waals surface area contributed by atoms with Crippen molar-refractivity contribution in [1.82, 2.24) is 15.4 Å². The Kier molecular flexibility index (Phi) is 5.17. The number of piperidine rings is 1. The summed E-state index contributed by atoms with van der Waals surface area (Å²) in [7, 11) is 0. The summed E-state index contributed by atoms with van der Waals surface area (Å²) in [5.74, 6) is 1.57. The van der Waals surface area contributed by atoms with E-state index in [0.29, 0.717) is 12.3 Å². The quantitative estimate of drug-likeness (QED) is 0.891. The molecule has 0 saturated carbocycles. The molecule has 1 aromatic rings. The van der Waals surface area contributed by atoms with Gasteiger partial charge in [0.1, 0.15) is 5.76 Å². The Hall–Kier alpha value is -1.36. The summed E-state index contributed by atoms with van der Waals surface area (Å²) in [6.07, 6.45) is 2.73. The van der Waals surface area contributed by atoms with Crippen LogP contribution in [-0.2, 0) is 11.2 Å². The van der Waals surface area contributed by atoms with E-state index >= 15 is 0 Å². The van der Waals surface area contributed by atoms with Gasteiger partial charge in [0.05, 0.1) is 12.1 Å². The van der Waals surface area contributed by atoms with E-state index in [9.17, 15) is 4.79 Å². The van der Waals surface area contributed by atoms with Gasteiger partial charge in [-0.2, -0.15) is 0 Å². The molecular formula is C15H25N3O2. The highest BCUT2D eigenvalue weighted by atomic mass is 16.5. The van der Waals surface area contributed by atoms with Crippen LogP contribution in [0.2, 0.25) is 0 Å². The molecule has 0 atom stereocenters. The zero-order chi connectivity index (χ0) is 14.5. The van der Waals surface area contributed by atoms with Crippen molar-refractivity contribution in [2.24, 2.45) is 5.92 Å². The second-order valence-corrected chi connectivity index (χ2v) is 5.61. The number of aryl methyl sites for hydroxylation is 2. The molecule has 0 spiro atoms. The molecule has 1 amide bonds. The predicted molar refractivity (Wildman–Crippen MR) is 77.5 cm³/mol. The van der Waals surface area contributed by atoms with E-state index in [1.54, 1.807) is 0 Å². The van der Waals surface area contributed by atoms with Gasteiger partial charge in [0.15, 0.2) is 0 Å². The van der Waals surface area contributed by atoms with Gasteiger partial charge in [-0.15, -0.1) is 0 Å². The molecule has 1 aromatic heterocycles. The molecule has 0 aliphatic carbocycles. The number of aromatic nitrogens is 1. The summed E-state index contributed by atoms with van der Waals surface area (Å²) < 4.78 is 5.13. The van der Waals surface area contributed by atoms with Crippen molar-refractivity contribution in [3.05, 3.63) is 17.0 Å². The highest BCUT2D eigenvalue weighted by Gasteiger charge is 2.21. The summed E-state index contributed by atoms with van der Waals surface area (Å²) in [4.78, 5) is 14.4. The Morgan fingerprint density at radius 1 is 1.40 bits per heavy atom. The van der Waals surface area contributed by atoms with Gasteiger partial charge in [-0.05, 0) is 52.6 Å². The first-order valence-corrected chi connectivity index (χ1v) is 7.52. The topological polar surface area (TPSA) is 58.4 Å². The molecule has 1 fully saturated rings. The first kappa shape index (κ1) is 15.0. The van der Waals surface area contributed by atoms with Crippen molar-refractivity contribution < 1.29 is 9.32 Å². The first-order chi connectivity index (χ1) is 9.61. The lowest BCUT2D eigenvalue weighted by molar-refractivity contribution is -0.131. The van der Waals surface area contributed by atoms with E-state index < -0.39 is 0 Å². The molecule has 5 heteroatoms. The average Bonchev–Trinajstić information content (AvgIpc) is 2.77. The molecule has 0 unspecified atom stereocenters. The third kappa shape index (κ3) is 3.60. The van der Waals surface area contributed by atoms with Crippen LogP contribution in [0.3, 0.4) is 0 Å². The minimum atomic E-state index is 0.181. The van der Waals surface area contributed by atoms with Gasteiger partial charge in [0.25, 0.3) is 0 Å². The fourth-order valence-electron chi connectivity index (χ4n) is 2.80. The summed E-state index contributed by atoms with van der Waals surface area (Å²) >= 11 is 0. The Bertz CT molecular complexity index is 430. The van der Waals surface area contributed by atoms with E-state index in [-0.39, 0.29) is 5.91 Å². The molecule has 0 aromatic carbocycles. The van der Waals surface area contributed by atoms with E-state index in [2.05, 4.69) is 10.5 Å². The second-order valence-electron chi connectivity index (χ2n) is 5.61. The van der Waals surface area contributed by atoms with Crippen LogP contribution in [0.5, 0.6) is 0 Å². The van der Waals surface area contributed by atoms with Crippen LogP contribution in [0.4, 0.5) is 0 Å². The number of carbonyl (C=O) groups is 1. The number of likely N-dealkylation sites (N-methyl/N-ethyl adjacent to an activating group) is 1. The van der Waals surface area contributed by atoms with E-state index in [4.69, 9.17) is 4.52 Å². The standard InChI is InChI=1S/C15H25N3O2/c1-4-18(10-13-5-7-16-8-6-13)15(19)9-14-11(2)17-20-12(14)3/h13,16H,4-10H2,1-3H3. The smallest absolute Gasteiger partial charge is 0.227 e. The Morgan fingerprint density at radius 2 is 2.10 bits per heavy atom. The van der Waals surface area contributed by atoms with Crippen molar-refractivity contribution in [3.8, 4) is 0 Å². The molecule has 1 N–H and O–H groups in total. The van der Waals surface area contributed by atoms with Crippen molar-refractivity contribution >= 4 is 5.91 Å². The average molecular weight is 279 g/mol. The third-order valence-corrected chi connectivity index (χ3v) is 4.18. The molecule has 0 bridgehead atoms. The molecule has 2 rings (SSSR count). The Labute approximate surface area is 120 Å². The number of amides is 1. The fraction of sp³-hybridized carbons (Fsp3) is 0.733. The van der Waals surface area contributed by atoms with Gasteiger partial charge >= 0.3 is 0 Å². The van der Waals surface area contributed by atoms with Crippen molar-refractivity contribution in [3.63, 3.8) is 0 Å². The number of carbonyl (C=O) groups excluding carboxylic acids is 1. The SMILES string of the molecule is CCN(CC1CCNCC1)C(=O)Cc1c(C)noc1C. The third-order valence-electron chi connectivity index (χ3n) is 4.18. The van der Waals surface area contributed by atoms with Crippen LogP contribution in [0, 0.1) is 19.8 Å². The lowest BCUT2D eigenvalue weighted by Gasteiger charge is -2.29. The number of hydrogen-bond acceptors (Lipinski definition) is 4. The summed E-state index contributed by atoms with van der Waals surface area (Å²) in [6, 6.07) is 0. The molecule has 1 aliphatic heterocycles. The van der Waals surface area contributed by atoms with Crippen LogP contribution in [0.15, 0.2) is 4.52 Å². The second kappa shape index (κ2) is 6.88. The van der Waals surface area contributed by atoms with Gasteiger partial charge in [0, 0.05) is 18.7 Å². The Morgan fingerprint density at radius 3 is 2.65 bits per heavy atom. The van der Waals surface area contributed by atoms with Crippen LogP contribution in [0.1, 0.15) is 36.8 Å².